The highest BCUT2D eigenvalue weighted by Gasteiger charge is 2.28. The van der Waals surface area contributed by atoms with E-state index in [1.807, 2.05) is 13.0 Å². The zero-order valence-corrected chi connectivity index (χ0v) is 16.2. The van der Waals surface area contributed by atoms with Gasteiger partial charge in [0.1, 0.15) is 5.75 Å². The molecule has 6 nitrogen and oxygen atoms in total. The fourth-order valence-corrected chi connectivity index (χ4v) is 2.40. The van der Waals surface area contributed by atoms with Crippen molar-refractivity contribution in [2.75, 3.05) is 20.3 Å². The molecule has 0 bridgehead atoms. The van der Waals surface area contributed by atoms with Gasteiger partial charge >= 0.3 is 6.18 Å². The first-order valence-electron chi connectivity index (χ1n) is 8.97. The molecule has 2 aromatic carbocycles. The lowest BCUT2D eigenvalue weighted by Crippen LogP contribution is -2.36. The lowest BCUT2D eigenvalue weighted by atomic mass is 10.2. The summed E-state index contributed by atoms with van der Waals surface area (Å²) in [6.07, 6.45) is -4.36. The number of methoxy groups -OCH3 is 1. The van der Waals surface area contributed by atoms with Gasteiger partial charge in [0.25, 0.3) is 0 Å². The molecular formula is C20H24F3N3O3. The number of rotatable bonds is 8. The van der Waals surface area contributed by atoms with E-state index in [-0.39, 0.29) is 11.5 Å². The van der Waals surface area contributed by atoms with E-state index >= 15 is 0 Å². The van der Waals surface area contributed by atoms with Crippen LogP contribution < -0.4 is 20.1 Å². The molecule has 0 heterocycles. The van der Waals surface area contributed by atoms with Gasteiger partial charge in [0.15, 0.2) is 24.1 Å². The highest BCUT2D eigenvalue weighted by molar-refractivity contribution is 5.79. The smallest absolute Gasteiger partial charge is 0.422 e. The number of alkyl halides is 3. The number of phenols is 1. The SMILES string of the molecule is CCNC(=NCc1ccc(OC)c(O)c1)NCc1ccc(OCC(F)(F)F)cc1. The summed E-state index contributed by atoms with van der Waals surface area (Å²) in [5.41, 5.74) is 1.67. The van der Waals surface area contributed by atoms with E-state index in [4.69, 9.17) is 9.47 Å². The van der Waals surface area contributed by atoms with Crippen molar-refractivity contribution in [2.24, 2.45) is 4.99 Å². The van der Waals surface area contributed by atoms with Crippen LogP contribution >= 0.6 is 0 Å². The van der Waals surface area contributed by atoms with Crippen LogP contribution in [0, 0.1) is 0 Å². The molecule has 0 saturated carbocycles. The van der Waals surface area contributed by atoms with Gasteiger partial charge in [0.2, 0.25) is 0 Å². The fourth-order valence-electron chi connectivity index (χ4n) is 2.40. The lowest BCUT2D eigenvalue weighted by Gasteiger charge is -2.13. The first-order valence-corrected chi connectivity index (χ1v) is 8.97. The monoisotopic (exact) mass is 411 g/mol. The number of guanidine groups is 1. The maximum Gasteiger partial charge on any atom is 0.422 e. The van der Waals surface area contributed by atoms with Gasteiger partial charge in [-0.05, 0) is 42.3 Å². The molecule has 0 amide bonds. The van der Waals surface area contributed by atoms with Crippen LogP contribution in [0.5, 0.6) is 17.2 Å². The second kappa shape index (κ2) is 10.4. The molecule has 3 N–H and O–H groups in total. The molecule has 0 aliphatic heterocycles. The van der Waals surface area contributed by atoms with Gasteiger partial charge in [-0.25, -0.2) is 4.99 Å². The van der Waals surface area contributed by atoms with Crippen LogP contribution in [0.4, 0.5) is 13.2 Å². The summed E-state index contributed by atoms with van der Waals surface area (Å²) < 4.78 is 46.3. The highest BCUT2D eigenvalue weighted by Crippen LogP contribution is 2.26. The largest absolute Gasteiger partial charge is 0.504 e. The summed E-state index contributed by atoms with van der Waals surface area (Å²) in [6, 6.07) is 11.4. The highest BCUT2D eigenvalue weighted by atomic mass is 19.4. The summed E-state index contributed by atoms with van der Waals surface area (Å²) in [6.45, 7) is 2.05. The van der Waals surface area contributed by atoms with Gasteiger partial charge in [-0.3, -0.25) is 0 Å². The fraction of sp³-hybridized carbons (Fsp3) is 0.350. The number of nitrogens with zero attached hydrogens (tertiary/aromatic N) is 1. The predicted octanol–water partition coefficient (Wildman–Crippen LogP) is 3.60. The maximum atomic E-state index is 12.2. The van der Waals surface area contributed by atoms with Crippen LogP contribution in [0.15, 0.2) is 47.5 Å². The van der Waals surface area contributed by atoms with E-state index in [2.05, 4.69) is 15.6 Å². The number of aromatic hydroxyl groups is 1. The number of aliphatic imine (C=N–C) groups is 1. The second-order valence-corrected chi connectivity index (χ2v) is 6.10. The van der Waals surface area contributed by atoms with Gasteiger partial charge in [-0.2, -0.15) is 13.2 Å². The molecule has 0 atom stereocenters. The Kier molecular flexibility index (Phi) is 7.99. The Morgan fingerprint density at radius 1 is 1.07 bits per heavy atom. The molecule has 0 saturated heterocycles. The minimum atomic E-state index is -4.36. The third-order valence-electron chi connectivity index (χ3n) is 3.79. The van der Waals surface area contributed by atoms with Crippen molar-refractivity contribution in [1.82, 2.24) is 10.6 Å². The van der Waals surface area contributed by atoms with Gasteiger partial charge in [-0.15, -0.1) is 0 Å². The van der Waals surface area contributed by atoms with Crippen molar-refractivity contribution in [2.45, 2.75) is 26.2 Å². The van der Waals surface area contributed by atoms with E-state index in [0.29, 0.717) is 31.3 Å². The van der Waals surface area contributed by atoms with Crippen LogP contribution in [0.3, 0.4) is 0 Å². The third kappa shape index (κ3) is 7.81. The minimum absolute atomic E-state index is 0.0472. The number of ether oxygens (including phenoxy) is 2. The van der Waals surface area contributed by atoms with Crippen LogP contribution in [-0.2, 0) is 13.1 Å². The molecular weight excluding hydrogens is 387 g/mol. The Morgan fingerprint density at radius 3 is 2.34 bits per heavy atom. The van der Waals surface area contributed by atoms with Crippen LogP contribution in [0.2, 0.25) is 0 Å². The number of nitrogens with one attached hydrogen (secondary N) is 2. The second-order valence-electron chi connectivity index (χ2n) is 6.10. The summed E-state index contributed by atoms with van der Waals surface area (Å²) in [5.74, 6) is 1.17. The zero-order chi connectivity index (χ0) is 21.3. The number of hydrogen-bond donors (Lipinski definition) is 3. The average molecular weight is 411 g/mol. The molecule has 2 rings (SSSR count). The zero-order valence-electron chi connectivity index (χ0n) is 16.2. The van der Waals surface area contributed by atoms with Crippen molar-refractivity contribution in [3.8, 4) is 17.2 Å². The van der Waals surface area contributed by atoms with Crippen molar-refractivity contribution < 1.29 is 27.8 Å². The molecule has 0 aliphatic carbocycles. The lowest BCUT2D eigenvalue weighted by molar-refractivity contribution is -0.153. The normalized spacial score (nSPS) is 11.8. The van der Waals surface area contributed by atoms with E-state index in [0.717, 1.165) is 11.1 Å². The Balaban J connectivity index is 1.93. The summed E-state index contributed by atoms with van der Waals surface area (Å²) >= 11 is 0. The van der Waals surface area contributed by atoms with Crippen LogP contribution in [-0.4, -0.2) is 37.5 Å². The quantitative estimate of drug-likeness (QED) is 0.457. The molecule has 158 valence electrons. The molecule has 29 heavy (non-hydrogen) atoms. The summed E-state index contributed by atoms with van der Waals surface area (Å²) in [4.78, 5) is 4.46. The van der Waals surface area contributed by atoms with E-state index in [1.54, 1.807) is 24.3 Å². The van der Waals surface area contributed by atoms with Crippen LogP contribution in [0.25, 0.3) is 0 Å². The number of halogens is 3. The molecule has 2 aromatic rings. The van der Waals surface area contributed by atoms with Crippen molar-refractivity contribution >= 4 is 5.96 Å². The Labute approximate surface area is 167 Å². The van der Waals surface area contributed by atoms with E-state index in [9.17, 15) is 18.3 Å². The summed E-state index contributed by atoms with van der Waals surface area (Å²) in [7, 11) is 1.48. The first-order chi connectivity index (χ1) is 13.8. The molecule has 9 heteroatoms. The maximum absolute atomic E-state index is 12.2. The standard InChI is InChI=1S/C20H24F3N3O3/c1-3-24-19(26-12-15-6-9-18(28-2)17(27)10-15)25-11-14-4-7-16(8-5-14)29-13-20(21,22)23/h4-10,27H,3,11-13H2,1-2H3,(H2,24,25,26). The molecule has 0 unspecified atom stereocenters. The molecule has 0 aromatic heterocycles. The number of hydrogen-bond acceptors (Lipinski definition) is 4. The van der Waals surface area contributed by atoms with E-state index in [1.165, 1.54) is 19.2 Å². The van der Waals surface area contributed by atoms with Crippen molar-refractivity contribution in [1.29, 1.82) is 0 Å². The molecule has 0 radical (unpaired) electrons. The topological polar surface area (TPSA) is 75.1 Å². The predicted molar refractivity (Wildman–Crippen MR) is 104 cm³/mol. The first kappa shape index (κ1) is 22.2. The van der Waals surface area contributed by atoms with Crippen LogP contribution in [0.1, 0.15) is 18.1 Å². The molecule has 0 spiro atoms. The van der Waals surface area contributed by atoms with Gasteiger partial charge < -0.3 is 25.2 Å². The third-order valence-corrected chi connectivity index (χ3v) is 3.79. The van der Waals surface area contributed by atoms with Crippen molar-refractivity contribution in [3.63, 3.8) is 0 Å². The summed E-state index contributed by atoms with van der Waals surface area (Å²) in [5, 5.41) is 16.1. The Bertz CT molecular complexity index is 809. The minimum Gasteiger partial charge on any atom is -0.504 e. The average Bonchev–Trinajstić information content (AvgIpc) is 2.69. The van der Waals surface area contributed by atoms with E-state index < -0.39 is 12.8 Å². The molecule has 0 aliphatic rings. The van der Waals surface area contributed by atoms with Gasteiger partial charge in [0.05, 0.1) is 13.7 Å². The number of benzene rings is 2. The molecule has 0 fully saturated rings. The van der Waals surface area contributed by atoms with Gasteiger partial charge in [-0.1, -0.05) is 18.2 Å². The number of phenolic OH excluding ortho intramolecular Hbond substituents is 1. The van der Waals surface area contributed by atoms with Crippen molar-refractivity contribution in [3.05, 3.63) is 53.6 Å². The Hall–Kier alpha value is -3.10. The Morgan fingerprint density at radius 2 is 1.76 bits per heavy atom. The van der Waals surface area contributed by atoms with Gasteiger partial charge in [0, 0.05) is 13.1 Å².